The summed E-state index contributed by atoms with van der Waals surface area (Å²) in [6, 6.07) is 15.8. The first-order valence-corrected chi connectivity index (χ1v) is 7.66. The number of nitrogens with zero attached hydrogens (tertiary/aromatic N) is 4. The van der Waals surface area contributed by atoms with Gasteiger partial charge in [-0.1, -0.05) is 41.9 Å². The minimum Gasteiger partial charge on any atom is -1.00 e. The molecule has 3 aromatic rings. The lowest BCUT2D eigenvalue weighted by atomic mass is 10.0. The van der Waals surface area contributed by atoms with E-state index in [-0.39, 0.29) is 12.4 Å². The Morgan fingerprint density at radius 2 is 1.92 bits per heavy atom. The Kier molecular flexibility index (Phi) is 4.30. The average Bonchev–Trinajstić information content (AvgIpc) is 2.74. The molecule has 1 aliphatic heterocycles. The molecule has 0 fully saturated rings. The van der Waals surface area contributed by atoms with Gasteiger partial charge in [-0.25, -0.2) is 0 Å². The van der Waals surface area contributed by atoms with E-state index in [0.29, 0.717) is 17.5 Å². The van der Waals surface area contributed by atoms with Crippen LogP contribution in [0.1, 0.15) is 17.0 Å². The van der Waals surface area contributed by atoms with Crippen molar-refractivity contribution in [3.8, 4) is 5.69 Å². The third kappa shape index (κ3) is 2.56. The molecule has 2 aromatic carbocycles. The molecule has 0 radical (unpaired) electrons. The molecule has 0 spiro atoms. The highest BCUT2D eigenvalue weighted by Crippen LogP contribution is 2.24. The quantitative estimate of drug-likeness (QED) is 0.583. The molecule has 0 atom stereocenters. The molecule has 0 unspecified atom stereocenters. The van der Waals surface area contributed by atoms with Gasteiger partial charge in [0.05, 0.1) is 12.8 Å². The van der Waals surface area contributed by atoms with E-state index in [1.165, 1.54) is 0 Å². The summed E-state index contributed by atoms with van der Waals surface area (Å²) in [6.45, 7) is 0.497. The van der Waals surface area contributed by atoms with Crippen molar-refractivity contribution in [2.75, 3.05) is 5.73 Å². The summed E-state index contributed by atoms with van der Waals surface area (Å²) in [6.07, 6.45) is 0. The molecular formula is C17H15Cl2N5. The zero-order chi connectivity index (χ0) is 16.0. The number of aryl methyl sites for hydroxylation is 1. The lowest BCUT2D eigenvalue weighted by Crippen LogP contribution is -3.00. The molecular weight excluding hydrogens is 345 g/mol. The highest BCUT2D eigenvalue weighted by atomic mass is 35.5. The number of rotatable bonds is 1. The van der Waals surface area contributed by atoms with Crippen molar-refractivity contribution >= 4 is 23.3 Å². The fraction of sp³-hybridized carbons (Fsp3) is 0.118. The number of anilines is 1. The predicted octanol–water partition coefficient (Wildman–Crippen LogP) is -0.713. The SMILES string of the molecule is Cn1nc(N)[n+]2c1CN=C(c1ccccc1)c1cc(Cl)ccc1-2.[Cl-]. The first-order valence-electron chi connectivity index (χ1n) is 7.29. The van der Waals surface area contributed by atoms with E-state index < -0.39 is 0 Å². The molecule has 122 valence electrons. The van der Waals surface area contributed by atoms with Crippen molar-refractivity contribution in [2.45, 2.75) is 6.54 Å². The summed E-state index contributed by atoms with van der Waals surface area (Å²) >= 11 is 6.24. The van der Waals surface area contributed by atoms with Crippen LogP contribution in [0, 0.1) is 0 Å². The first-order chi connectivity index (χ1) is 11.1. The average molecular weight is 360 g/mol. The zero-order valence-corrected chi connectivity index (χ0v) is 14.5. The van der Waals surface area contributed by atoms with E-state index in [9.17, 15) is 0 Å². The van der Waals surface area contributed by atoms with Crippen molar-refractivity contribution in [1.29, 1.82) is 0 Å². The topological polar surface area (TPSA) is 60.1 Å². The van der Waals surface area contributed by atoms with Gasteiger partial charge in [-0.15, -0.1) is 4.68 Å². The van der Waals surface area contributed by atoms with Crippen LogP contribution in [-0.2, 0) is 13.6 Å². The summed E-state index contributed by atoms with van der Waals surface area (Å²) in [5.74, 6) is 1.37. The van der Waals surface area contributed by atoms with Gasteiger partial charge in [-0.05, 0) is 18.2 Å². The van der Waals surface area contributed by atoms with Crippen LogP contribution in [0.3, 0.4) is 0 Å². The molecule has 0 bridgehead atoms. The Hall–Kier alpha value is -2.37. The molecule has 5 nitrogen and oxygen atoms in total. The Labute approximate surface area is 150 Å². The Morgan fingerprint density at radius 3 is 2.67 bits per heavy atom. The maximum absolute atomic E-state index is 6.24. The largest absolute Gasteiger partial charge is 1.00 e. The number of nitrogen functional groups attached to an aromatic ring is 1. The summed E-state index contributed by atoms with van der Waals surface area (Å²) in [5, 5.41) is 4.97. The van der Waals surface area contributed by atoms with E-state index in [4.69, 9.17) is 22.3 Å². The van der Waals surface area contributed by atoms with Crippen molar-refractivity contribution in [3.05, 3.63) is 70.5 Å². The Bertz CT molecular complexity index is 932. The lowest BCUT2D eigenvalue weighted by Gasteiger charge is -2.10. The monoisotopic (exact) mass is 359 g/mol. The molecule has 1 aromatic heterocycles. The van der Waals surface area contributed by atoms with Gasteiger partial charge >= 0.3 is 5.95 Å². The van der Waals surface area contributed by atoms with E-state index in [0.717, 1.165) is 28.4 Å². The van der Waals surface area contributed by atoms with E-state index >= 15 is 0 Å². The van der Waals surface area contributed by atoms with Crippen LogP contribution in [0.4, 0.5) is 5.95 Å². The number of hydrogen-bond acceptors (Lipinski definition) is 3. The normalized spacial score (nSPS) is 12.5. The highest BCUT2D eigenvalue weighted by Gasteiger charge is 2.28. The highest BCUT2D eigenvalue weighted by molar-refractivity contribution is 6.31. The standard InChI is InChI=1S/C17H15ClN5.ClH/c1-22-15-10-20-16(11-5-3-2-4-6-11)13-9-12(18)7-8-14(13)23(15)17(19)21-22;/h2-9H,10H2,1H3,(H2,19,21);1H/q+1;/p-1. The minimum absolute atomic E-state index is 0. The summed E-state index contributed by atoms with van der Waals surface area (Å²) in [5.41, 5.74) is 9.97. The van der Waals surface area contributed by atoms with Gasteiger partial charge in [-0.3, -0.25) is 4.99 Å². The molecule has 7 heteroatoms. The number of aromatic nitrogens is 3. The molecule has 0 amide bonds. The van der Waals surface area contributed by atoms with Crippen LogP contribution < -0.4 is 22.7 Å². The number of halogens is 2. The van der Waals surface area contributed by atoms with Crippen LogP contribution in [0.2, 0.25) is 5.02 Å². The smallest absolute Gasteiger partial charge is 0.380 e. The second-order valence-electron chi connectivity index (χ2n) is 5.43. The van der Waals surface area contributed by atoms with Crippen LogP contribution in [0.5, 0.6) is 0 Å². The number of fused-ring (bicyclic) bond motifs is 3. The fourth-order valence-corrected chi connectivity index (χ4v) is 3.11. The lowest BCUT2D eigenvalue weighted by molar-refractivity contribution is -0.589. The maximum Gasteiger partial charge on any atom is 0.380 e. The third-order valence-corrected chi connectivity index (χ3v) is 4.23. The summed E-state index contributed by atoms with van der Waals surface area (Å²) < 4.78 is 3.70. The number of aliphatic imine (C=N–C) groups is 1. The molecule has 2 N–H and O–H groups in total. The van der Waals surface area contributed by atoms with Crippen LogP contribution >= 0.6 is 11.6 Å². The number of benzene rings is 2. The third-order valence-electron chi connectivity index (χ3n) is 3.99. The first kappa shape index (κ1) is 16.5. The number of nitrogens with two attached hydrogens (primary N) is 1. The molecule has 1 aliphatic rings. The maximum atomic E-state index is 6.24. The molecule has 0 saturated carbocycles. The van der Waals surface area contributed by atoms with Crippen LogP contribution in [-0.4, -0.2) is 15.5 Å². The Morgan fingerprint density at radius 1 is 1.17 bits per heavy atom. The van der Waals surface area contributed by atoms with Gasteiger partial charge in [-0.2, -0.15) is 4.57 Å². The van der Waals surface area contributed by atoms with Gasteiger partial charge < -0.3 is 18.1 Å². The molecule has 24 heavy (non-hydrogen) atoms. The number of hydrogen-bond donors (Lipinski definition) is 1. The van der Waals surface area contributed by atoms with Crippen molar-refractivity contribution in [3.63, 3.8) is 0 Å². The molecule has 2 heterocycles. The zero-order valence-electron chi connectivity index (χ0n) is 12.9. The van der Waals surface area contributed by atoms with Gasteiger partial charge in [0.1, 0.15) is 12.2 Å². The van der Waals surface area contributed by atoms with Crippen molar-refractivity contribution in [2.24, 2.45) is 12.0 Å². The van der Waals surface area contributed by atoms with Gasteiger partial charge in [0, 0.05) is 21.2 Å². The molecule has 0 saturated heterocycles. The predicted molar refractivity (Wildman–Crippen MR) is 89.9 cm³/mol. The minimum atomic E-state index is 0. The Balaban J connectivity index is 0.00000169. The second kappa shape index (κ2) is 6.26. The van der Waals surface area contributed by atoms with Gasteiger partial charge in [0.2, 0.25) is 5.82 Å². The molecule has 4 rings (SSSR count). The van der Waals surface area contributed by atoms with E-state index in [1.54, 1.807) is 4.68 Å². The van der Waals surface area contributed by atoms with Gasteiger partial charge in [0.15, 0.2) is 0 Å². The van der Waals surface area contributed by atoms with Crippen LogP contribution in [0.25, 0.3) is 5.69 Å². The van der Waals surface area contributed by atoms with E-state index in [1.807, 2.05) is 60.1 Å². The summed E-state index contributed by atoms with van der Waals surface area (Å²) in [7, 11) is 1.88. The molecule has 0 aliphatic carbocycles. The van der Waals surface area contributed by atoms with Gasteiger partial charge in [0.25, 0.3) is 0 Å². The second-order valence-corrected chi connectivity index (χ2v) is 5.86. The fourth-order valence-electron chi connectivity index (χ4n) is 2.94. The van der Waals surface area contributed by atoms with Crippen LogP contribution in [0.15, 0.2) is 53.5 Å². The van der Waals surface area contributed by atoms with E-state index in [2.05, 4.69) is 5.10 Å². The van der Waals surface area contributed by atoms with Crippen molar-refractivity contribution < 1.29 is 17.0 Å². The summed E-state index contributed by atoms with van der Waals surface area (Å²) in [4.78, 5) is 4.81. The van der Waals surface area contributed by atoms with Crippen molar-refractivity contribution in [1.82, 2.24) is 9.78 Å².